The highest BCUT2D eigenvalue weighted by atomic mass is 16.2. The summed E-state index contributed by atoms with van der Waals surface area (Å²) in [4.78, 5) is 26.9. The summed E-state index contributed by atoms with van der Waals surface area (Å²) in [5, 5.41) is 2.77. The van der Waals surface area contributed by atoms with Crippen LogP contribution in [0.15, 0.2) is 30.3 Å². The van der Waals surface area contributed by atoms with Crippen molar-refractivity contribution in [3.8, 4) is 0 Å². The quantitative estimate of drug-likeness (QED) is 0.884. The molecule has 0 spiro atoms. The molecule has 0 saturated carbocycles. The number of carbonyl (C=O) groups is 2. The third kappa shape index (κ3) is 3.98. The summed E-state index contributed by atoms with van der Waals surface area (Å²) in [6.45, 7) is 2.65. The van der Waals surface area contributed by atoms with Crippen molar-refractivity contribution in [3.63, 3.8) is 0 Å². The molecule has 20 heavy (non-hydrogen) atoms. The van der Waals surface area contributed by atoms with Crippen molar-refractivity contribution < 1.29 is 9.59 Å². The van der Waals surface area contributed by atoms with E-state index in [1.807, 2.05) is 30.3 Å². The number of likely N-dealkylation sites (tertiary alicyclic amines) is 1. The molecule has 0 aliphatic carbocycles. The summed E-state index contributed by atoms with van der Waals surface area (Å²) in [6, 6.07) is 9.80. The van der Waals surface area contributed by atoms with Gasteiger partial charge < -0.3 is 15.1 Å². The van der Waals surface area contributed by atoms with Crippen molar-refractivity contribution in [2.75, 3.05) is 26.7 Å². The van der Waals surface area contributed by atoms with E-state index in [0.717, 1.165) is 25.1 Å². The summed E-state index contributed by atoms with van der Waals surface area (Å²) in [6.07, 6.45) is 1.41. The Balaban J connectivity index is 1.67. The number of urea groups is 1. The smallest absolute Gasteiger partial charge is 0.317 e. The molecule has 5 heteroatoms. The molecule has 2 rings (SSSR count). The van der Waals surface area contributed by atoms with Gasteiger partial charge in [0, 0.05) is 39.6 Å². The Labute approximate surface area is 119 Å². The van der Waals surface area contributed by atoms with Crippen LogP contribution in [0.5, 0.6) is 0 Å². The molecule has 1 aromatic rings. The van der Waals surface area contributed by atoms with Gasteiger partial charge in [0.05, 0.1) is 0 Å². The third-order valence-electron chi connectivity index (χ3n) is 3.45. The molecular weight excluding hydrogens is 254 g/mol. The zero-order valence-electron chi connectivity index (χ0n) is 11.8. The maximum atomic E-state index is 11.9. The number of amides is 3. The van der Waals surface area contributed by atoms with E-state index in [1.165, 1.54) is 0 Å². The maximum absolute atomic E-state index is 11.9. The second-order valence-corrected chi connectivity index (χ2v) is 5.06. The molecule has 1 heterocycles. The van der Waals surface area contributed by atoms with Crippen LogP contribution >= 0.6 is 0 Å². The zero-order valence-corrected chi connectivity index (χ0v) is 11.8. The van der Waals surface area contributed by atoms with Crippen molar-refractivity contribution in [2.24, 2.45) is 0 Å². The van der Waals surface area contributed by atoms with Crippen LogP contribution in [0.2, 0.25) is 0 Å². The molecule has 1 saturated heterocycles. The topological polar surface area (TPSA) is 52.7 Å². The summed E-state index contributed by atoms with van der Waals surface area (Å²) in [7, 11) is 1.78. The normalized spacial score (nSPS) is 13.6. The van der Waals surface area contributed by atoms with E-state index in [9.17, 15) is 9.59 Å². The van der Waals surface area contributed by atoms with E-state index in [4.69, 9.17) is 0 Å². The number of hydrogen-bond acceptors (Lipinski definition) is 2. The lowest BCUT2D eigenvalue weighted by Gasteiger charge is -2.30. The molecule has 3 amide bonds. The average molecular weight is 275 g/mol. The van der Waals surface area contributed by atoms with Crippen LogP contribution in [-0.4, -0.2) is 48.4 Å². The minimum Gasteiger partial charge on any atom is -0.341 e. The Morgan fingerprint density at radius 2 is 1.95 bits per heavy atom. The van der Waals surface area contributed by atoms with Gasteiger partial charge in [-0.25, -0.2) is 4.79 Å². The molecule has 0 aromatic heterocycles. The lowest BCUT2D eigenvalue weighted by Crippen LogP contribution is -2.48. The van der Waals surface area contributed by atoms with Crippen molar-refractivity contribution in [1.82, 2.24) is 15.1 Å². The van der Waals surface area contributed by atoms with Gasteiger partial charge in [0.2, 0.25) is 5.91 Å². The van der Waals surface area contributed by atoms with Gasteiger partial charge in [-0.3, -0.25) is 4.79 Å². The highest BCUT2D eigenvalue weighted by Gasteiger charge is 2.19. The van der Waals surface area contributed by atoms with Gasteiger partial charge in [0.15, 0.2) is 0 Å². The Hall–Kier alpha value is -2.04. The summed E-state index contributed by atoms with van der Waals surface area (Å²) >= 11 is 0. The summed E-state index contributed by atoms with van der Waals surface area (Å²) in [5.41, 5.74) is 1.10. The average Bonchev–Trinajstić information content (AvgIpc) is 2.37. The predicted molar refractivity (Wildman–Crippen MR) is 77.1 cm³/mol. The molecule has 1 aliphatic rings. The van der Waals surface area contributed by atoms with Gasteiger partial charge in [0.1, 0.15) is 0 Å². The van der Waals surface area contributed by atoms with Crippen LogP contribution in [0.25, 0.3) is 0 Å². The molecular formula is C15H21N3O2. The van der Waals surface area contributed by atoms with Crippen LogP contribution in [-0.2, 0) is 11.3 Å². The van der Waals surface area contributed by atoms with Crippen molar-refractivity contribution in [1.29, 1.82) is 0 Å². The minimum absolute atomic E-state index is 0.0396. The Morgan fingerprint density at radius 3 is 2.55 bits per heavy atom. The molecule has 5 nitrogen and oxygen atoms in total. The van der Waals surface area contributed by atoms with Gasteiger partial charge in [0.25, 0.3) is 0 Å². The number of benzene rings is 1. The maximum Gasteiger partial charge on any atom is 0.317 e. The number of rotatable bonds is 5. The van der Waals surface area contributed by atoms with Crippen molar-refractivity contribution in [3.05, 3.63) is 35.9 Å². The SMILES string of the molecule is CN(Cc1ccccc1)C(=O)CCNC(=O)N1CCC1. The van der Waals surface area contributed by atoms with Gasteiger partial charge in [-0.15, -0.1) is 0 Å². The molecule has 0 unspecified atom stereocenters. The van der Waals surface area contributed by atoms with E-state index in [1.54, 1.807) is 16.8 Å². The summed E-state index contributed by atoms with van der Waals surface area (Å²) < 4.78 is 0. The van der Waals surface area contributed by atoms with Crippen LogP contribution in [0.4, 0.5) is 4.79 Å². The fourth-order valence-electron chi connectivity index (χ4n) is 2.04. The van der Waals surface area contributed by atoms with Crippen LogP contribution in [0, 0.1) is 0 Å². The summed E-state index contributed by atoms with van der Waals surface area (Å²) in [5.74, 6) is 0.0396. The molecule has 1 fully saturated rings. The van der Waals surface area contributed by atoms with Crippen molar-refractivity contribution >= 4 is 11.9 Å². The highest BCUT2D eigenvalue weighted by molar-refractivity contribution is 5.78. The fourth-order valence-corrected chi connectivity index (χ4v) is 2.04. The number of nitrogens with one attached hydrogen (secondary N) is 1. The minimum atomic E-state index is -0.0604. The van der Waals surface area contributed by atoms with E-state index >= 15 is 0 Å². The first-order chi connectivity index (χ1) is 9.66. The second kappa shape index (κ2) is 6.93. The lowest BCUT2D eigenvalue weighted by atomic mass is 10.2. The van der Waals surface area contributed by atoms with E-state index in [-0.39, 0.29) is 11.9 Å². The fraction of sp³-hybridized carbons (Fsp3) is 0.467. The van der Waals surface area contributed by atoms with Gasteiger partial charge in [-0.1, -0.05) is 30.3 Å². The largest absolute Gasteiger partial charge is 0.341 e. The Morgan fingerprint density at radius 1 is 1.25 bits per heavy atom. The van der Waals surface area contributed by atoms with Crippen molar-refractivity contribution in [2.45, 2.75) is 19.4 Å². The molecule has 1 aliphatic heterocycles. The van der Waals surface area contributed by atoms with Gasteiger partial charge in [-0.05, 0) is 12.0 Å². The number of nitrogens with zero attached hydrogens (tertiary/aromatic N) is 2. The molecule has 108 valence electrons. The Bertz CT molecular complexity index is 457. The van der Waals surface area contributed by atoms with E-state index in [0.29, 0.717) is 19.5 Å². The second-order valence-electron chi connectivity index (χ2n) is 5.06. The van der Waals surface area contributed by atoms with Crippen LogP contribution < -0.4 is 5.32 Å². The first-order valence-corrected chi connectivity index (χ1v) is 6.97. The number of carbonyl (C=O) groups excluding carboxylic acids is 2. The van der Waals surface area contributed by atoms with Gasteiger partial charge in [-0.2, -0.15) is 0 Å². The zero-order chi connectivity index (χ0) is 14.4. The first-order valence-electron chi connectivity index (χ1n) is 6.97. The van der Waals surface area contributed by atoms with E-state index in [2.05, 4.69) is 5.32 Å². The molecule has 1 N–H and O–H groups in total. The monoisotopic (exact) mass is 275 g/mol. The van der Waals surface area contributed by atoms with E-state index < -0.39 is 0 Å². The molecule has 0 radical (unpaired) electrons. The van der Waals surface area contributed by atoms with Gasteiger partial charge >= 0.3 is 6.03 Å². The molecule has 0 atom stereocenters. The lowest BCUT2D eigenvalue weighted by molar-refractivity contribution is -0.130. The number of hydrogen-bond donors (Lipinski definition) is 1. The Kier molecular flexibility index (Phi) is 4.98. The van der Waals surface area contributed by atoms with Crippen LogP contribution in [0.3, 0.4) is 0 Å². The highest BCUT2D eigenvalue weighted by Crippen LogP contribution is 2.06. The molecule has 1 aromatic carbocycles. The van der Waals surface area contributed by atoms with Crippen LogP contribution in [0.1, 0.15) is 18.4 Å². The predicted octanol–water partition coefficient (Wildman–Crippen LogP) is 1.45. The third-order valence-corrected chi connectivity index (χ3v) is 3.45. The first kappa shape index (κ1) is 14.4. The molecule has 0 bridgehead atoms. The standard InChI is InChI=1S/C15H21N3O2/c1-17(12-13-6-3-2-4-7-13)14(19)8-9-16-15(20)18-10-5-11-18/h2-4,6-7H,5,8-12H2,1H3,(H,16,20).